The summed E-state index contributed by atoms with van der Waals surface area (Å²) < 4.78 is 0. The fourth-order valence-corrected chi connectivity index (χ4v) is 1.62. The van der Waals surface area contributed by atoms with Crippen LogP contribution in [0.15, 0.2) is 6.07 Å². The summed E-state index contributed by atoms with van der Waals surface area (Å²) in [7, 11) is 0. The van der Waals surface area contributed by atoms with Gasteiger partial charge in [-0.05, 0) is 26.7 Å². The lowest BCUT2D eigenvalue weighted by Gasteiger charge is -2.16. The molecule has 1 rings (SSSR count). The van der Waals surface area contributed by atoms with Gasteiger partial charge in [-0.3, -0.25) is 4.79 Å². The quantitative estimate of drug-likeness (QED) is 0.709. The molecule has 1 aromatic rings. The molecule has 0 aliphatic rings. The first kappa shape index (κ1) is 16.2. The predicted octanol–water partition coefficient (Wildman–Crippen LogP) is 1.79. The molecule has 0 fully saturated rings. The van der Waals surface area contributed by atoms with E-state index in [-0.39, 0.29) is 11.9 Å². The molecule has 6 heteroatoms. The number of hydrogen-bond donors (Lipinski definition) is 3. The van der Waals surface area contributed by atoms with Gasteiger partial charge in [-0.1, -0.05) is 13.8 Å². The van der Waals surface area contributed by atoms with Crippen molar-refractivity contribution in [2.45, 2.75) is 40.7 Å². The second-order valence-corrected chi connectivity index (χ2v) is 5.25. The van der Waals surface area contributed by atoms with E-state index >= 15 is 0 Å². The second-order valence-electron chi connectivity index (χ2n) is 5.25. The van der Waals surface area contributed by atoms with Crippen LogP contribution >= 0.6 is 0 Å². The smallest absolute Gasteiger partial charge is 0.242 e. The number of aromatic nitrogens is 2. The number of carbonyl (C=O) groups excluding carboxylic acids is 1. The normalized spacial score (nSPS) is 12.1. The molecule has 0 bridgehead atoms. The first-order chi connectivity index (χ1) is 9.42. The third kappa shape index (κ3) is 5.42. The van der Waals surface area contributed by atoms with Crippen LogP contribution in [0.3, 0.4) is 0 Å². The van der Waals surface area contributed by atoms with E-state index in [1.165, 1.54) is 0 Å². The molecule has 0 aromatic carbocycles. The van der Waals surface area contributed by atoms with E-state index in [1.54, 1.807) is 0 Å². The van der Waals surface area contributed by atoms with Gasteiger partial charge in [0.15, 0.2) is 0 Å². The van der Waals surface area contributed by atoms with E-state index in [9.17, 15) is 4.79 Å². The minimum absolute atomic E-state index is 0.0278. The van der Waals surface area contributed by atoms with Crippen molar-refractivity contribution >= 4 is 17.7 Å². The molecule has 0 radical (unpaired) electrons. The highest BCUT2D eigenvalue weighted by atomic mass is 16.2. The minimum Gasteiger partial charge on any atom is -0.358 e. The molecule has 0 spiro atoms. The van der Waals surface area contributed by atoms with Crippen LogP contribution in [0.5, 0.6) is 0 Å². The largest absolute Gasteiger partial charge is 0.358 e. The summed E-state index contributed by atoms with van der Waals surface area (Å²) in [4.78, 5) is 20.5. The molecular formula is C14H25N5O. The van der Waals surface area contributed by atoms with Crippen molar-refractivity contribution in [3.05, 3.63) is 11.8 Å². The van der Waals surface area contributed by atoms with Crippen LogP contribution < -0.4 is 16.0 Å². The van der Waals surface area contributed by atoms with Crippen LogP contribution in [0.1, 0.15) is 33.4 Å². The van der Waals surface area contributed by atoms with Crippen LogP contribution in [0.4, 0.5) is 11.8 Å². The van der Waals surface area contributed by atoms with Gasteiger partial charge in [0.1, 0.15) is 11.9 Å². The maximum Gasteiger partial charge on any atom is 0.242 e. The average Bonchev–Trinajstić information content (AvgIpc) is 2.35. The van der Waals surface area contributed by atoms with E-state index in [2.05, 4.69) is 39.8 Å². The van der Waals surface area contributed by atoms with Gasteiger partial charge >= 0.3 is 0 Å². The maximum atomic E-state index is 11.9. The SMILES string of the molecule is CCNc1nc(C)cc(NC(C)C(=O)NCC(C)C)n1. The van der Waals surface area contributed by atoms with E-state index < -0.39 is 0 Å². The van der Waals surface area contributed by atoms with Crippen LogP contribution in [0.2, 0.25) is 0 Å². The molecule has 0 aliphatic heterocycles. The molecule has 1 aromatic heterocycles. The van der Waals surface area contributed by atoms with Crippen molar-refractivity contribution in [2.75, 3.05) is 23.7 Å². The van der Waals surface area contributed by atoms with Gasteiger partial charge in [0.2, 0.25) is 11.9 Å². The van der Waals surface area contributed by atoms with Crippen LogP contribution in [0, 0.1) is 12.8 Å². The molecule has 112 valence electrons. The number of aryl methyl sites for hydroxylation is 1. The summed E-state index contributed by atoms with van der Waals surface area (Å²) in [6.45, 7) is 11.3. The Kier molecular flexibility index (Phi) is 6.21. The Labute approximate surface area is 120 Å². The summed E-state index contributed by atoms with van der Waals surface area (Å²) in [6, 6.07) is 1.49. The summed E-state index contributed by atoms with van der Waals surface area (Å²) >= 11 is 0. The predicted molar refractivity (Wildman–Crippen MR) is 81.9 cm³/mol. The molecule has 20 heavy (non-hydrogen) atoms. The highest BCUT2D eigenvalue weighted by Crippen LogP contribution is 2.10. The number of rotatable bonds is 7. The molecule has 1 amide bonds. The van der Waals surface area contributed by atoms with Gasteiger partial charge in [-0.25, -0.2) is 4.98 Å². The molecule has 1 unspecified atom stereocenters. The zero-order valence-electron chi connectivity index (χ0n) is 12.9. The number of nitrogens with zero attached hydrogens (tertiary/aromatic N) is 2. The van der Waals surface area contributed by atoms with Gasteiger partial charge < -0.3 is 16.0 Å². The second kappa shape index (κ2) is 7.67. The number of anilines is 2. The van der Waals surface area contributed by atoms with Gasteiger partial charge in [0, 0.05) is 24.8 Å². The topological polar surface area (TPSA) is 78.9 Å². The molecule has 0 saturated heterocycles. The van der Waals surface area contributed by atoms with E-state index in [1.807, 2.05) is 26.8 Å². The van der Waals surface area contributed by atoms with Crippen molar-refractivity contribution in [1.82, 2.24) is 15.3 Å². The van der Waals surface area contributed by atoms with Gasteiger partial charge in [0.05, 0.1) is 0 Å². The van der Waals surface area contributed by atoms with Crippen LogP contribution in [-0.2, 0) is 4.79 Å². The summed E-state index contributed by atoms with van der Waals surface area (Å²) in [5.74, 6) is 1.64. The van der Waals surface area contributed by atoms with Crippen molar-refractivity contribution in [3.8, 4) is 0 Å². The summed E-state index contributed by atoms with van der Waals surface area (Å²) in [5, 5.41) is 9.07. The Hall–Kier alpha value is -1.85. The fraction of sp³-hybridized carbons (Fsp3) is 0.643. The van der Waals surface area contributed by atoms with Crippen LogP contribution in [0.25, 0.3) is 0 Å². The highest BCUT2D eigenvalue weighted by molar-refractivity contribution is 5.83. The molecule has 6 nitrogen and oxygen atoms in total. The minimum atomic E-state index is -0.336. The number of carbonyl (C=O) groups is 1. The molecule has 1 heterocycles. The Morgan fingerprint density at radius 2 is 2.00 bits per heavy atom. The lowest BCUT2D eigenvalue weighted by molar-refractivity contribution is -0.121. The molecule has 0 aliphatic carbocycles. The number of nitrogens with one attached hydrogen (secondary N) is 3. The first-order valence-corrected chi connectivity index (χ1v) is 7.06. The molecule has 0 saturated carbocycles. The van der Waals surface area contributed by atoms with Gasteiger partial charge in [0.25, 0.3) is 0 Å². The molecule has 1 atom stereocenters. The van der Waals surface area contributed by atoms with Crippen molar-refractivity contribution in [2.24, 2.45) is 5.92 Å². The standard InChI is InChI=1S/C14H25N5O/c1-6-15-14-17-10(4)7-12(19-14)18-11(5)13(20)16-8-9(2)3/h7,9,11H,6,8H2,1-5H3,(H,16,20)(H2,15,17,18,19). The number of amides is 1. The lowest BCUT2D eigenvalue weighted by atomic mass is 10.2. The van der Waals surface area contributed by atoms with Crippen molar-refractivity contribution < 1.29 is 4.79 Å². The summed E-state index contributed by atoms with van der Waals surface area (Å²) in [5.41, 5.74) is 0.855. The van der Waals surface area contributed by atoms with Crippen LogP contribution in [-0.4, -0.2) is 35.0 Å². The van der Waals surface area contributed by atoms with Gasteiger partial charge in [-0.2, -0.15) is 4.98 Å². The van der Waals surface area contributed by atoms with Crippen molar-refractivity contribution in [3.63, 3.8) is 0 Å². The Morgan fingerprint density at radius 1 is 1.30 bits per heavy atom. The van der Waals surface area contributed by atoms with Crippen molar-refractivity contribution in [1.29, 1.82) is 0 Å². The third-order valence-corrected chi connectivity index (χ3v) is 2.63. The number of hydrogen-bond acceptors (Lipinski definition) is 5. The zero-order chi connectivity index (χ0) is 15.1. The van der Waals surface area contributed by atoms with E-state index in [4.69, 9.17) is 0 Å². The van der Waals surface area contributed by atoms with Gasteiger partial charge in [-0.15, -0.1) is 0 Å². The molecule has 3 N–H and O–H groups in total. The Morgan fingerprint density at radius 3 is 2.60 bits per heavy atom. The first-order valence-electron chi connectivity index (χ1n) is 7.06. The Balaban J connectivity index is 2.65. The monoisotopic (exact) mass is 279 g/mol. The zero-order valence-corrected chi connectivity index (χ0v) is 12.9. The third-order valence-electron chi connectivity index (χ3n) is 2.63. The van der Waals surface area contributed by atoms with E-state index in [0.717, 1.165) is 12.2 Å². The summed E-state index contributed by atoms with van der Waals surface area (Å²) in [6.07, 6.45) is 0. The lowest BCUT2D eigenvalue weighted by Crippen LogP contribution is -2.39. The average molecular weight is 279 g/mol. The maximum absolute atomic E-state index is 11.9. The Bertz CT molecular complexity index is 447. The van der Waals surface area contributed by atoms with E-state index in [0.29, 0.717) is 24.2 Å². The fourth-order valence-electron chi connectivity index (χ4n) is 1.62. The highest BCUT2D eigenvalue weighted by Gasteiger charge is 2.13. The molecular weight excluding hydrogens is 254 g/mol.